The van der Waals surface area contributed by atoms with Crippen LogP contribution in [0, 0.1) is 6.92 Å². The highest BCUT2D eigenvalue weighted by Gasteiger charge is 2.20. The lowest BCUT2D eigenvalue weighted by atomic mass is 10.2. The summed E-state index contributed by atoms with van der Waals surface area (Å²) >= 11 is 5.51. The third-order valence-electron chi connectivity index (χ3n) is 1.98. The molecule has 0 N–H and O–H groups in total. The normalized spacial score (nSPS) is 11.5. The maximum absolute atomic E-state index is 11.8. The summed E-state index contributed by atoms with van der Waals surface area (Å²) in [6.07, 6.45) is 0. The van der Waals surface area contributed by atoms with Crippen molar-refractivity contribution in [2.45, 2.75) is 18.7 Å². The van der Waals surface area contributed by atoms with E-state index in [4.69, 9.17) is 20.5 Å². The third kappa shape index (κ3) is 3.87. The lowest BCUT2D eigenvalue weighted by Gasteiger charge is -2.11. The fourth-order valence-corrected chi connectivity index (χ4v) is 2.42. The van der Waals surface area contributed by atoms with Crippen LogP contribution in [0.1, 0.15) is 12.5 Å². The second-order valence-electron chi connectivity index (χ2n) is 3.35. The molecule has 0 heterocycles. The lowest BCUT2D eigenvalue weighted by Crippen LogP contribution is -2.09. The first-order valence-corrected chi connectivity index (χ1v) is 7.14. The molecular weight excluding hydrogens is 264 g/mol. The Balaban J connectivity index is 3.14. The molecule has 4 nitrogen and oxygen atoms in total. The predicted molar refractivity (Wildman–Crippen MR) is 66.2 cm³/mol. The van der Waals surface area contributed by atoms with Crippen LogP contribution in [0.4, 0.5) is 0 Å². The molecule has 0 aliphatic carbocycles. The smallest absolute Gasteiger partial charge is 0.300 e. The van der Waals surface area contributed by atoms with Crippen molar-refractivity contribution < 1.29 is 17.3 Å². The fourth-order valence-electron chi connectivity index (χ4n) is 1.30. The van der Waals surface area contributed by atoms with Crippen LogP contribution in [-0.4, -0.2) is 27.5 Å². The summed E-state index contributed by atoms with van der Waals surface area (Å²) in [6, 6.07) is 4.82. The Morgan fingerprint density at radius 1 is 1.35 bits per heavy atom. The Labute approximate surface area is 107 Å². The SMILES string of the molecule is CCOS(=O)(=O)c1ccc(C)cc1OCCCl. The van der Waals surface area contributed by atoms with Crippen LogP contribution in [-0.2, 0) is 14.3 Å². The van der Waals surface area contributed by atoms with Gasteiger partial charge in [0.15, 0.2) is 0 Å². The second-order valence-corrected chi connectivity index (χ2v) is 5.31. The van der Waals surface area contributed by atoms with E-state index in [1.165, 1.54) is 6.07 Å². The van der Waals surface area contributed by atoms with Crippen molar-refractivity contribution in [3.8, 4) is 5.75 Å². The van der Waals surface area contributed by atoms with Gasteiger partial charge in [0.1, 0.15) is 17.3 Å². The van der Waals surface area contributed by atoms with Gasteiger partial charge in [0.05, 0.1) is 12.5 Å². The Morgan fingerprint density at radius 2 is 2.06 bits per heavy atom. The van der Waals surface area contributed by atoms with Gasteiger partial charge in [0.25, 0.3) is 0 Å². The molecule has 1 aromatic carbocycles. The molecule has 0 aliphatic heterocycles. The molecule has 0 aromatic heterocycles. The molecule has 96 valence electrons. The Bertz CT molecular complexity index is 470. The van der Waals surface area contributed by atoms with Crippen molar-refractivity contribution >= 4 is 21.7 Å². The molecular formula is C11H15ClO4S. The summed E-state index contributed by atoms with van der Waals surface area (Å²) in [6.45, 7) is 3.81. The number of hydrogen-bond donors (Lipinski definition) is 0. The number of halogens is 1. The molecule has 0 saturated heterocycles. The van der Waals surface area contributed by atoms with E-state index in [9.17, 15) is 8.42 Å². The van der Waals surface area contributed by atoms with E-state index in [0.717, 1.165) is 5.56 Å². The van der Waals surface area contributed by atoms with Gasteiger partial charge in [0, 0.05) is 0 Å². The molecule has 0 atom stereocenters. The largest absolute Gasteiger partial charge is 0.491 e. The average molecular weight is 279 g/mol. The summed E-state index contributed by atoms with van der Waals surface area (Å²) in [5.74, 6) is 0.571. The summed E-state index contributed by atoms with van der Waals surface area (Å²) in [4.78, 5) is 0.0371. The van der Waals surface area contributed by atoms with Crippen LogP contribution in [0.3, 0.4) is 0 Å². The van der Waals surface area contributed by atoms with Gasteiger partial charge in [-0.2, -0.15) is 8.42 Å². The number of benzene rings is 1. The first kappa shape index (κ1) is 14.3. The van der Waals surface area contributed by atoms with E-state index < -0.39 is 10.1 Å². The van der Waals surface area contributed by atoms with E-state index in [0.29, 0.717) is 5.88 Å². The van der Waals surface area contributed by atoms with E-state index in [1.807, 2.05) is 6.92 Å². The Hall–Kier alpha value is -0.780. The van der Waals surface area contributed by atoms with E-state index in [1.54, 1.807) is 19.1 Å². The van der Waals surface area contributed by atoms with Crippen LogP contribution in [0.2, 0.25) is 0 Å². The first-order chi connectivity index (χ1) is 8.01. The van der Waals surface area contributed by atoms with Gasteiger partial charge in [-0.05, 0) is 31.5 Å². The van der Waals surface area contributed by atoms with Gasteiger partial charge in [-0.25, -0.2) is 0 Å². The standard InChI is InChI=1S/C11H15ClO4S/c1-3-16-17(13,14)11-5-4-9(2)8-10(11)15-7-6-12/h4-5,8H,3,6-7H2,1-2H3. The Morgan fingerprint density at radius 3 is 2.65 bits per heavy atom. The zero-order valence-electron chi connectivity index (χ0n) is 9.77. The molecule has 0 saturated carbocycles. The number of alkyl halides is 1. The summed E-state index contributed by atoms with van der Waals surface area (Å²) in [7, 11) is -3.76. The molecule has 0 bridgehead atoms. The molecule has 6 heteroatoms. The van der Waals surface area contributed by atoms with Crippen molar-refractivity contribution in [1.29, 1.82) is 0 Å². The van der Waals surface area contributed by atoms with Crippen LogP contribution >= 0.6 is 11.6 Å². The van der Waals surface area contributed by atoms with Crippen molar-refractivity contribution in [1.82, 2.24) is 0 Å². The molecule has 0 unspecified atom stereocenters. The summed E-state index contributed by atoms with van der Waals surface area (Å²) in [5.41, 5.74) is 0.907. The van der Waals surface area contributed by atoms with Gasteiger partial charge in [-0.3, -0.25) is 4.18 Å². The Kier molecular flexibility index (Phi) is 5.24. The van der Waals surface area contributed by atoms with Gasteiger partial charge in [-0.15, -0.1) is 11.6 Å². The number of ether oxygens (including phenoxy) is 1. The van der Waals surface area contributed by atoms with Crippen LogP contribution in [0.5, 0.6) is 5.75 Å². The van der Waals surface area contributed by atoms with Crippen molar-refractivity contribution in [2.75, 3.05) is 19.1 Å². The first-order valence-electron chi connectivity index (χ1n) is 5.20. The molecule has 0 aliphatic rings. The van der Waals surface area contributed by atoms with Crippen LogP contribution in [0.15, 0.2) is 23.1 Å². The van der Waals surface area contributed by atoms with Crippen LogP contribution in [0.25, 0.3) is 0 Å². The number of rotatable bonds is 6. The monoisotopic (exact) mass is 278 g/mol. The highest BCUT2D eigenvalue weighted by Crippen LogP contribution is 2.26. The molecule has 1 rings (SSSR count). The van der Waals surface area contributed by atoms with Gasteiger partial charge >= 0.3 is 10.1 Å². The maximum Gasteiger partial charge on any atom is 0.300 e. The minimum Gasteiger partial charge on any atom is -0.491 e. The molecule has 0 fully saturated rings. The topological polar surface area (TPSA) is 52.6 Å². The molecule has 0 radical (unpaired) electrons. The number of hydrogen-bond acceptors (Lipinski definition) is 4. The maximum atomic E-state index is 11.8. The molecule has 0 spiro atoms. The van der Waals surface area contributed by atoms with Crippen molar-refractivity contribution in [3.05, 3.63) is 23.8 Å². The average Bonchev–Trinajstić information content (AvgIpc) is 2.26. The van der Waals surface area contributed by atoms with E-state index in [2.05, 4.69) is 0 Å². The van der Waals surface area contributed by atoms with E-state index >= 15 is 0 Å². The fraction of sp³-hybridized carbons (Fsp3) is 0.455. The number of aryl methyl sites for hydroxylation is 1. The molecule has 1 aromatic rings. The second kappa shape index (κ2) is 6.23. The van der Waals surface area contributed by atoms with Gasteiger partial charge in [0.2, 0.25) is 0 Å². The minimum absolute atomic E-state index is 0.0371. The highest BCUT2D eigenvalue weighted by molar-refractivity contribution is 7.86. The van der Waals surface area contributed by atoms with Crippen molar-refractivity contribution in [2.24, 2.45) is 0 Å². The zero-order valence-corrected chi connectivity index (χ0v) is 11.3. The molecule has 0 amide bonds. The third-order valence-corrected chi connectivity index (χ3v) is 3.55. The van der Waals surface area contributed by atoms with Gasteiger partial charge in [-0.1, -0.05) is 6.07 Å². The predicted octanol–water partition coefficient (Wildman–Crippen LogP) is 2.34. The van der Waals surface area contributed by atoms with Crippen LogP contribution < -0.4 is 4.74 Å². The van der Waals surface area contributed by atoms with Gasteiger partial charge < -0.3 is 4.74 Å². The minimum atomic E-state index is -3.76. The van der Waals surface area contributed by atoms with Crippen molar-refractivity contribution in [3.63, 3.8) is 0 Å². The lowest BCUT2D eigenvalue weighted by molar-refractivity contribution is 0.317. The highest BCUT2D eigenvalue weighted by atomic mass is 35.5. The molecule has 17 heavy (non-hydrogen) atoms. The summed E-state index contributed by atoms with van der Waals surface area (Å²) < 4.78 is 33.6. The quantitative estimate of drug-likeness (QED) is 0.592. The summed E-state index contributed by atoms with van der Waals surface area (Å²) in [5, 5.41) is 0. The van der Waals surface area contributed by atoms with E-state index in [-0.39, 0.29) is 23.9 Å². The zero-order chi connectivity index (χ0) is 12.9.